The van der Waals surface area contributed by atoms with Crippen LogP contribution in [0.4, 0.5) is 0 Å². The fraction of sp³-hybridized carbons (Fsp3) is 0.222. The van der Waals surface area contributed by atoms with Crippen molar-refractivity contribution in [2.75, 3.05) is 12.4 Å². The maximum absolute atomic E-state index is 6.98. The van der Waals surface area contributed by atoms with E-state index >= 15 is 0 Å². The summed E-state index contributed by atoms with van der Waals surface area (Å²) < 4.78 is 6.45. The van der Waals surface area contributed by atoms with E-state index < -0.39 is 0 Å². The van der Waals surface area contributed by atoms with Crippen LogP contribution in [-0.2, 0) is 0 Å². The molecule has 1 aromatic rings. The van der Waals surface area contributed by atoms with E-state index in [9.17, 15) is 0 Å². The van der Waals surface area contributed by atoms with Crippen molar-refractivity contribution in [2.45, 2.75) is 0 Å². The van der Waals surface area contributed by atoms with Crippen LogP contribution < -0.4 is 10.5 Å². The van der Waals surface area contributed by atoms with Crippen LogP contribution in [0.2, 0.25) is 0 Å². The second kappa shape index (κ2) is 5.93. The van der Waals surface area contributed by atoms with Crippen molar-refractivity contribution in [3.8, 4) is 5.75 Å². The van der Waals surface area contributed by atoms with Gasteiger partial charge in [-0.15, -0.1) is 0 Å². The van der Waals surface area contributed by atoms with Crippen molar-refractivity contribution < 1.29 is 4.74 Å². The fourth-order valence-electron chi connectivity index (χ4n) is 0.842. The first-order valence-corrected chi connectivity index (χ1v) is 5.81. The van der Waals surface area contributed by atoms with Crippen LogP contribution in [0.3, 0.4) is 0 Å². The first-order valence-electron chi connectivity index (χ1n) is 4.03. The van der Waals surface area contributed by atoms with E-state index in [1.54, 1.807) is 0 Å². The lowest BCUT2D eigenvalue weighted by molar-refractivity contribution is 0.344. The molecule has 0 heterocycles. The van der Waals surface area contributed by atoms with Crippen LogP contribution >= 0.6 is 27.7 Å². The van der Waals surface area contributed by atoms with E-state index in [2.05, 4.69) is 15.9 Å². The number of nitrogens with one attached hydrogen (secondary N) is 1. The number of hydrogen-bond acceptors (Lipinski definition) is 3. The molecule has 0 aromatic heterocycles. The third kappa shape index (κ3) is 4.53. The van der Waals surface area contributed by atoms with Crippen molar-refractivity contribution in [1.82, 2.24) is 0 Å². The summed E-state index contributed by atoms with van der Waals surface area (Å²) in [5.41, 5.74) is 5.18. The topological polar surface area (TPSA) is 59.1 Å². The fourth-order valence-corrected chi connectivity index (χ4v) is 1.49. The van der Waals surface area contributed by atoms with Gasteiger partial charge in [-0.2, -0.15) is 0 Å². The number of nitrogens with two attached hydrogens (primary N) is 1. The standard InChI is InChI=1S/C9H11BrN2OS/c10-7-1-3-8(4-2-7)13-5-6-14-9(11)12/h1-4H,5-6H2,(H3,11,12). The van der Waals surface area contributed by atoms with Gasteiger partial charge in [0.1, 0.15) is 5.75 Å². The molecule has 1 rings (SSSR count). The van der Waals surface area contributed by atoms with Crippen LogP contribution in [-0.4, -0.2) is 17.5 Å². The van der Waals surface area contributed by atoms with Crippen molar-refractivity contribution in [1.29, 1.82) is 5.41 Å². The van der Waals surface area contributed by atoms with Gasteiger partial charge in [0.05, 0.1) is 6.61 Å². The summed E-state index contributed by atoms with van der Waals surface area (Å²) >= 11 is 4.62. The SMILES string of the molecule is N=C(N)SCCOc1ccc(Br)cc1. The van der Waals surface area contributed by atoms with Crippen LogP contribution in [0.1, 0.15) is 0 Å². The largest absolute Gasteiger partial charge is 0.493 e. The molecule has 3 N–H and O–H groups in total. The summed E-state index contributed by atoms with van der Waals surface area (Å²) in [5.74, 6) is 1.53. The molecule has 0 amide bonds. The lowest BCUT2D eigenvalue weighted by Crippen LogP contribution is -2.08. The minimum atomic E-state index is 0.129. The van der Waals surface area contributed by atoms with Gasteiger partial charge in [-0.1, -0.05) is 27.7 Å². The predicted molar refractivity (Wildman–Crippen MR) is 64.0 cm³/mol. The maximum Gasteiger partial charge on any atom is 0.151 e. The Hall–Kier alpha value is -0.680. The average molecular weight is 275 g/mol. The van der Waals surface area contributed by atoms with Gasteiger partial charge in [-0.05, 0) is 24.3 Å². The molecule has 0 spiro atoms. The first kappa shape index (κ1) is 11.4. The molecule has 3 nitrogen and oxygen atoms in total. The molecule has 0 atom stereocenters. The van der Waals surface area contributed by atoms with Gasteiger partial charge >= 0.3 is 0 Å². The highest BCUT2D eigenvalue weighted by Crippen LogP contribution is 2.16. The smallest absolute Gasteiger partial charge is 0.151 e. The van der Waals surface area contributed by atoms with E-state index in [4.69, 9.17) is 15.9 Å². The molecular formula is C9H11BrN2OS. The molecular weight excluding hydrogens is 264 g/mol. The highest BCUT2D eigenvalue weighted by molar-refractivity contribution is 9.10. The van der Waals surface area contributed by atoms with Crippen LogP contribution in [0.5, 0.6) is 5.75 Å². The van der Waals surface area contributed by atoms with Crippen molar-refractivity contribution in [3.63, 3.8) is 0 Å². The summed E-state index contributed by atoms with van der Waals surface area (Å²) in [4.78, 5) is 0. The average Bonchev–Trinajstić information content (AvgIpc) is 2.15. The minimum absolute atomic E-state index is 0.129. The highest BCUT2D eigenvalue weighted by Gasteiger charge is 1.94. The van der Waals surface area contributed by atoms with E-state index in [1.165, 1.54) is 11.8 Å². The zero-order chi connectivity index (χ0) is 10.4. The number of hydrogen-bond donors (Lipinski definition) is 2. The zero-order valence-electron chi connectivity index (χ0n) is 7.50. The van der Waals surface area contributed by atoms with Gasteiger partial charge in [0.25, 0.3) is 0 Å². The molecule has 0 radical (unpaired) electrons. The Morgan fingerprint density at radius 3 is 2.64 bits per heavy atom. The van der Waals surface area contributed by atoms with Gasteiger partial charge < -0.3 is 10.5 Å². The van der Waals surface area contributed by atoms with Crippen molar-refractivity contribution >= 4 is 32.9 Å². The van der Waals surface area contributed by atoms with Gasteiger partial charge in [0.15, 0.2) is 5.17 Å². The third-order valence-electron chi connectivity index (χ3n) is 1.42. The maximum atomic E-state index is 6.98. The number of amidine groups is 1. The molecule has 0 fully saturated rings. The molecule has 0 saturated carbocycles. The van der Waals surface area contributed by atoms with Crippen LogP contribution in [0.25, 0.3) is 0 Å². The van der Waals surface area contributed by atoms with Gasteiger partial charge in [-0.3, -0.25) is 5.41 Å². The minimum Gasteiger partial charge on any atom is -0.493 e. The summed E-state index contributed by atoms with van der Waals surface area (Å²) in [6.45, 7) is 0.561. The van der Waals surface area contributed by atoms with Crippen molar-refractivity contribution in [2.24, 2.45) is 5.73 Å². The Morgan fingerprint density at radius 1 is 1.43 bits per heavy atom. The third-order valence-corrected chi connectivity index (χ3v) is 2.63. The molecule has 0 aliphatic carbocycles. The van der Waals surface area contributed by atoms with E-state index in [0.29, 0.717) is 12.4 Å². The number of ether oxygens (including phenoxy) is 1. The molecule has 76 valence electrons. The second-order valence-electron chi connectivity index (χ2n) is 2.52. The molecule has 0 aliphatic heterocycles. The molecule has 5 heteroatoms. The van der Waals surface area contributed by atoms with Crippen LogP contribution in [0, 0.1) is 5.41 Å². The normalized spacial score (nSPS) is 9.79. The number of rotatable bonds is 4. The Bertz CT molecular complexity index is 302. The number of thioether (sulfide) groups is 1. The Labute approximate surface area is 95.7 Å². The van der Waals surface area contributed by atoms with E-state index in [0.717, 1.165) is 10.2 Å². The molecule has 0 aliphatic rings. The summed E-state index contributed by atoms with van der Waals surface area (Å²) in [5, 5.41) is 7.11. The highest BCUT2D eigenvalue weighted by atomic mass is 79.9. The zero-order valence-corrected chi connectivity index (χ0v) is 9.90. The molecule has 0 unspecified atom stereocenters. The molecule has 0 saturated heterocycles. The second-order valence-corrected chi connectivity index (χ2v) is 4.57. The molecule has 14 heavy (non-hydrogen) atoms. The van der Waals surface area contributed by atoms with E-state index in [1.807, 2.05) is 24.3 Å². The lowest BCUT2D eigenvalue weighted by Gasteiger charge is -2.04. The lowest BCUT2D eigenvalue weighted by atomic mass is 10.3. The summed E-state index contributed by atoms with van der Waals surface area (Å²) in [6.07, 6.45) is 0. The summed E-state index contributed by atoms with van der Waals surface area (Å²) in [6, 6.07) is 7.63. The predicted octanol–water partition coefficient (Wildman–Crippen LogP) is 2.45. The number of benzene rings is 1. The van der Waals surface area contributed by atoms with Crippen molar-refractivity contribution in [3.05, 3.63) is 28.7 Å². The van der Waals surface area contributed by atoms with Gasteiger partial charge in [0.2, 0.25) is 0 Å². The Kier molecular flexibility index (Phi) is 4.82. The van der Waals surface area contributed by atoms with Crippen LogP contribution in [0.15, 0.2) is 28.7 Å². The quantitative estimate of drug-likeness (QED) is 0.504. The first-order chi connectivity index (χ1) is 6.68. The monoisotopic (exact) mass is 274 g/mol. The Balaban J connectivity index is 2.25. The van der Waals surface area contributed by atoms with E-state index in [-0.39, 0.29) is 5.17 Å². The van der Waals surface area contributed by atoms with Gasteiger partial charge in [-0.25, -0.2) is 0 Å². The van der Waals surface area contributed by atoms with Gasteiger partial charge in [0, 0.05) is 10.2 Å². The summed E-state index contributed by atoms with van der Waals surface area (Å²) in [7, 11) is 0. The molecule has 0 bridgehead atoms. The Morgan fingerprint density at radius 2 is 2.07 bits per heavy atom. The number of halogens is 1. The molecule has 1 aromatic carbocycles.